The van der Waals surface area contributed by atoms with E-state index in [4.69, 9.17) is 4.74 Å². The molecule has 0 atom stereocenters. The molecule has 4 rings (SSSR count). The third-order valence-corrected chi connectivity index (χ3v) is 3.84. The molecule has 0 amide bonds. The molecular formula is C18H13N3O3. The summed E-state index contributed by atoms with van der Waals surface area (Å²) in [5.74, 6) is -0.480. The van der Waals surface area contributed by atoms with E-state index in [1.54, 1.807) is 41.3 Å². The van der Waals surface area contributed by atoms with Crippen LogP contribution in [0.1, 0.15) is 15.9 Å². The largest absolute Gasteiger partial charge is 0.457 e. The molecule has 6 nitrogen and oxygen atoms in total. The van der Waals surface area contributed by atoms with Gasteiger partial charge in [0.15, 0.2) is 0 Å². The number of aromatic nitrogens is 3. The summed E-state index contributed by atoms with van der Waals surface area (Å²) in [6, 6.07) is 12.5. The first-order chi connectivity index (χ1) is 11.7. The molecule has 0 spiro atoms. The molecule has 0 aliphatic heterocycles. The molecule has 3 heterocycles. The van der Waals surface area contributed by atoms with Gasteiger partial charge in [0.05, 0.1) is 29.2 Å². The van der Waals surface area contributed by atoms with Gasteiger partial charge in [-0.1, -0.05) is 18.2 Å². The highest BCUT2D eigenvalue weighted by atomic mass is 16.5. The maximum Gasteiger partial charge on any atom is 0.338 e. The van der Waals surface area contributed by atoms with Crippen LogP contribution in [-0.4, -0.2) is 20.3 Å². The number of benzene rings is 1. The van der Waals surface area contributed by atoms with Gasteiger partial charge in [0.1, 0.15) is 6.61 Å². The minimum absolute atomic E-state index is 0.0799. The van der Waals surface area contributed by atoms with Crippen LogP contribution in [0, 0.1) is 0 Å². The number of hydrogen-bond acceptors (Lipinski definition) is 4. The lowest BCUT2D eigenvalue weighted by Gasteiger charge is -2.06. The van der Waals surface area contributed by atoms with E-state index >= 15 is 0 Å². The molecule has 0 saturated carbocycles. The fourth-order valence-electron chi connectivity index (χ4n) is 2.57. The summed E-state index contributed by atoms with van der Waals surface area (Å²) in [7, 11) is 0. The number of pyridine rings is 2. The van der Waals surface area contributed by atoms with Crippen LogP contribution in [0.2, 0.25) is 0 Å². The highest BCUT2D eigenvalue weighted by Crippen LogP contribution is 2.12. The summed E-state index contributed by atoms with van der Waals surface area (Å²) in [5, 5.41) is 0.892. The molecule has 0 fully saturated rings. The van der Waals surface area contributed by atoms with Crippen molar-refractivity contribution >= 4 is 22.4 Å². The van der Waals surface area contributed by atoms with E-state index in [2.05, 4.69) is 9.97 Å². The lowest BCUT2D eigenvalue weighted by molar-refractivity contribution is 0.0471. The Bertz CT molecular complexity index is 1110. The van der Waals surface area contributed by atoms with Crippen molar-refractivity contribution in [1.29, 1.82) is 0 Å². The van der Waals surface area contributed by atoms with Gasteiger partial charge in [-0.05, 0) is 29.7 Å². The van der Waals surface area contributed by atoms with Gasteiger partial charge in [-0.2, -0.15) is 0 Å². The Balaban J connectivity index is 1.56. The van der Waals surface area contributed by atoms with E-state index in [-0.39, 0.29) is 12.2 Å². The Labute approximate surface area is 136 Å². The van der Waals surface area contributed by atoms with Gasteiger partial charge in [0.25, 0.3) is 5.56 Å². The molecule has 0 bridgehead atoms. The Morgan fingerprint density at radius 1 is 1.21 bits per heavy atom. The van der Waals surface area contributed by atoms with Crippen molar-refractivity contribution in [1.82, 2.24) is 14.4 Å². The van der Waals surface area contributed by atoms with Gasteiger partial charge in [0.2, 0.25) is 0 Å². The zero-order valence-corrected chi connectivity index (χ0v) is 12.6. The molecule has 3 aromatic heterocycles. The quantitative estimate of drug-likeness (QED) is 0.589. The van der Waals surface area contributed by atoms with Crippen molar-refractivity contribution in [3.63, 3.8) is 0 Å². The number of nitrogens with zero attached hydrogens (tertiary/aromatic N) is 2. The first-order valence-corrected chi connectivity index (χ1v) is 7.40. The van der Waals surface area contributed by atoms with Gasteiger partial charge in [0, 0.05) is 11.7 Å². The fourth-order valence-corrected chi connectivity index (χ4v) is 2.57. The molecule has 1 aromatic carbocycles. The average molecular weight is 319 g/mol. The van der Waals surface area contributed by atoms with Crippen LogP contribution >= 0.6 is 0 Å². The predicted molar refractivity (Wildman–Crippen MR) is 88.9 cm³/mol. The number of ether oxygens (including phenoxy) is 1. The van der Waals surface area contributed by atoms with Crippen molar-refractivity contribution in [3.05, 3.63) is 82.7 Å². The summed E-state index contributed by atoms with van der Waals surface area (Å²) in [5.41, 5.74) is 2.12. The smallest absolute Gasteiger partial charge is 0.338 e. The number of fused-ring (bicyclic) bond motifs is 2. The molecule has 0 aliphatic carbocycles. The van der Waals surface area contributed by atoms with E-state index in [0.29, 0.717) is 11.1 Å². The van der Waals surface area contributed by atoms with Crippen molar-refractivity contribution in [2.75, 3.05) is 0 Å². The van der Waals surface area contributed by atoms with Gasteiger partial charge in [-0.25, -0.2) is 9.78 Å². The number of carbonyl (C=O) groups is 1. The van der Waals surface area contributed by atoms with E-state index in [0.717, 1.165) is 16.4 Å². The molecule has 24 heavy (non-hydrogen) atoms. The summed E-state index contributed by atoms with van der Waals surface area (Å²) < 4.78 is 7.08. The fraction of sp³-hybridized carbons (Fsp3) is 0.0556. The Hall–Kier alpha value is -3.41. The monoisotopic (exact) mass is 319 g/mol. The maximum absolute atomic E-state index is 12.2. The number of H-pyrrole nitrogens is 1. The number of carbonyl (C=O) groups excluding carboxylic acids is 1. The number of esters is 1. The van der Waals surface area contributed by atoms with Crippen molar-refractivity contribution in [2.45, 2.75) is 6.61 Å². The van der Waals surface area contributed by atoms with E-state index < -0.39 is 5.97 Å². The molecular weight excluding hydrogens is 306 g/mol. The minimum Gasteiger partial charge on any atom is -0.457 e. The van der Waals surface area contributed by atoms with E-state index in [1.807, 2.05) is 24.3 Å². The summed E-state index contributed by atoms with van der Waals surface area (Å²) in [6.45, 7) is -0.0799. The van der Waals surface area contributed by atoms with Crippen LogP contribution in [0.25, 0.3) is 16.4 Å². The van der Waals surface area contributed by atoms with E-state index in [9.17, 15) is 9.59 Å². The molecule has 6 heteroatoms. The van der Waals surface area contributed by atoms with Crippen molar-refractivity contribution in [2.24, 2.45) is 0 Å². The predicted octanol–water partition coefficient (Wildman–Crippen LogP) is 2.53. The lowest BCUT2D eigenvalue weighted by Crippen LogP contribution is -2.15. The zero-order valence-electron chi connectivity index (χ0n) is 12.6. The van der Waals surface area contributed by atoms with E-state index in [1.165, 1.54) is 0 Å². The topological polar surface area (TPSA) is 76.5 Å². The SMILES string of the molecule is O=C(OCc1cc2ccccc2[nH]c1=O)c1ccn2cncc2c1. The maximum atomic E-state index is 12.2. The van der Waals surface area contributed by atoms with Crippen molar-refractivity contribution < 1.29 is 9.53 Å². The number of para-hydroxylation sites is 1. The standard InChI is InChI=1S/C18H13N3O3/c22-17-14(7-12-3-1-2-4-16(12)20-17)10-24-18(23)13-5-6-21-11-19-9-15(21)8-13/h1-9,11H,10H2,(H,20,22). The minimum atomic E-state index is -0.480. The zero-order chi connectivity index (χ0) is 16.5. The molecule has 0 aliphatic rings. The second-order valence-corrected chi connectivity index (χ2v) is 5.43. The van der Waals surface area contributed by atoms with Gasteiger partial charge >= 0.3 is 5.97 Å². The van der Waals surface area contributed by atoms with Gasteiger partial charge < -0.3 is 14.1 Å². The third-order valence-electron chi connectivity index (χ3n) is 3.84. The first-order valence-electron chi connectivity index (χ1n) is 7.40. The third kappa shape index (κ3) is 2.54. The highest BCUT2D eigenvalue weighted by molar-refractivity contribution is 5.90. The second-order valence-electron chi connectivity index (χ2n) is 5.43. The second kappa shape index (κ2) is 5.66. The van der Waals surface area contributed by atoms with Crippen LogP contribution < -0.4 is 5.56 Å². The Morgan fingerprint density at radius 3 is 3.00 bits per heavy atom. The molecule has 118 valence electrons. The van der Waals surface area contributed by atoms with Crippen LogP contribution in [0.3, 0.4) is 0 Å². The van der Waals surface area contributed by atoms with Crippen LogP contribution in [-0.2, 0) is 11.3 Å². The number of imidazole rings is 1. The van der Waals surface area contributed by atoms with Crippen molar-refractivity contribution in [3.8, 4) is 0 Å². The molecule has 0 radical (unpaired) electrons. The lowest BCUT2D eigenvalue weighted by atomic mass is 10.1. The summed E-state index contributed by atoms with van der Waals surface area (Å²) >= 11 is 0. The first kappa shape index (κ1) is 14.2. The number of aromatic amines is 1. The Kier molecular flexibility index (Phi) is 3.35. The average Bonchev–Trinajstić information content (AvgIpc) is 3.07. The highest BCUT2D eigenvalue weighted by Gasteiger charge is 2.10. The van der Waals surface area contributed by atoms with Gasteiger partial charge in [-0.3, -0.25) is 4.79 Å². The number of hydrogen-bond donors (Lipinski definition) is 1. The number of nitrogens with one attached hydrogen (secondary N) is 1. The number of rotatable bonds is 3. The molecule has 0 unspecified atom stereocenters. The Morgan fingerprint density at radius 2 is 2.08 bits per heavy atom. The van der Waals surface area contributed by atoms with Crippen LogP contribution in [0.4, 0.5) is 0 Å². The summed E-state index contributed by atoms with van der Waals surface area (Å²) in [4.78, 5) is 31.0. The van der Waals surface area contributed by atoms with Gasteiger partial charge in [-0.15, -0.1) is 0 Å². The molecule has 1 N–H and O–H groups in total. The normalized spacial score (nSPS) is 11.0. The van der Waals surface area contributed by atoms with Crippen LogP contribution in [0.15, 0.2) is 66.0 Å². The molecule has 4 aromatic rings. The van der Waals surface area contributed by atoms with Crippen LogP contribution in [0.5, 0.6) is 0 Å². The molecule has 0 saturated heterocycles. The summed E-state index contributed by atoms with van der Waals surface area (Å²) in [6.07, 6.45) is 5.05.